The number of oxazole rings is 1. The minimum absolute atomic E-state index is 0.619. The van der Waals surface area contributed by atoms with Crippen LogP contribution in [-0.4, -0.2) is 4.98 Å². The molecule has 3 nitrogen and oxygen atoms in total. The van der Waals surface area contributed by atoms with Crippen LogP contribution in [0.5, 0.6) is 0 Å². The van der Waals surface area contributed by atoms with Gasteiger partial charge in [-0.25, -0.2) is 4.98 Å². The summed E-state index contributed by atoms with van der Waals surface area (Å²) in [6.07, 6.45) is 0. The number of hydrogen-bond acceptors (Lipinski definition) is 3. The summed E-state index contributed by atoms with van der Waals surface area (Å²) in [6.45, 7) is 2.09. The maximum Gasteiger partial charge on any atom is 0.227 e. The van der Waals surface area contributed by atoms with Crippen molar-refractivity contribution in [2.24, 2.45) is 0 Å². The Labute approximate surface area is 202 Å². The lowest BCUT2D eigenvalue weighted by Gasteiger charge is -2.04. The molecular formula is C32H21NO2. The van der Waals surface area contributed by atoms with Gasteiger partial charge in [-0.15, -0.1) is 0 Å². The van der Waals surface area contributed by atoms with Crippen molar-refractivity contribution < 1.29 is 8.83 Å². The van der Waals surface area contributed by atoms with E-state index in [1.54, 1.807) is 0 Å². The number of hydrogen-bond donors (Lipinski definition) is 0. The lowest BCUT2D eigenvalue weighted by Crippen LogP contribution is -1.81. The molecule has 0 saturated carbocycles. The highest BCUT2D eigenvalue weighted by Gasteiger charge is 2.15. The Morgan fingerprint density at radius 2 is 1.14 bits per heavy atom. The number of fused-ring (bicyclic) bond motifs is 4. The van der Waals surface area contributed by atoms with Gasteiger partial charge in [0.2, 0.25) is 5.89 Å². The van der Waals surface area contributed by atoms with Gasteiger partial charge in [0, 0.05) is 27.5 Å². The second kappa shape index (κ2) is 7.71. The maximum absolute atomic E-state index is 6.30. The molecule has 0 N–H and O–H groups in total. The van der Waals surface area contributed by atoms with Crippen LogP contribution in [0.2, 0.25) is 0 Å². The van der Waals surface area contributed by atoms with Crippen LogP contribution in [0.15, 0.2) is 118 Å². The topological polar surface area (TPSA) is 39.2 Å². The number of furan rings is 1. The largest absolute Gasteiger partial charge is 0.455 e. The number of aryl methyl sites for hydroxylation is 1. The average Bonchev–Trinajstić information content (AvgIpc) is 3.51. The molecule has 2 heterocycles. The highest BCUT2D eigenvalue weighted by molar-refractivity contribution is 6.09. The van der Waals surface area contributed by atoms with E-state index in [-0.39, 0.29) is 0 Å². The molecule has 7 aromatic rings. The molecule has 0 bridgehead atoms. The van der Waals surface area contributed by atoms with Crippen molar-refractivity contribution in [2.75, 3.05) is 0 Å². The zero-order chi connectivity index (χ0) is 23.4. The normalized spacial score (nSPS) is 11.6. The van der Waals surface area contributed by atoms with E-state index in [1.165, 1.54) is 5.56 Å². The van der Waals surface area contributed by atoms with Gasteiger partial charge in [-0.05, 0) is 42.3 Å². The fourth-order valence-corrected chi connectivity index (χ4v) is 4.80. The van der Waals surface area contributed by atoms with Crippen LogP contribution in [-0.2, 0) is 0 Å². The third kappa shape index (κ3) is 3.24. The van der Waals surface area contributed by atoms with Gasteiger partial charge >= 0.3 is 0 Å². The zero-order valence-electron chi connectivity index (χ0n) is 19.2. The third-order valence-electron chi connectivity index (χ3n) is 6.62. The van der Waals surface area contributed by atoms with Gasteiger partial charge in [0.15, 0.2) is 5.58 Å². The molecule has 0 fully saturated rings. The molecule has 0 aliphatic carbocycles. The molecular weight excluding hydrogens is 430 g/mol. The molecule has 0 saturated heterocycles. The van der Waals surface area contributed by atoms with Gasteiger partial charge in [0.1, 0.15) is 16.7 Å². The lowest BCUT2D eigenvalue weighted by molar-refractivity contribution is 0.621. The Kier molecular flexibility index (Phi) is 4.36. The summed E-state index contributed by atoms with van der Waals surface area (Å²) in [5.41, 5.74) is 9.99. The molecule has 5 aromatic carbocycles. The van der Waals surface area contributed by atoms with Crippen LogP contribution in [0.4, 0.5) is 0 Å². The van der Waals surface area contributed by atoms with Crippen LogP contribution < -0.4 is 0 Å². The van der Waals surface area contributed by atoms with Crippen LogP contribution in [0.1, 0.15) is 5.56 Å². The summed E-state index contributed by atoms with van der Waals surface area (Å²) in [5.74, 6) is 0.619. The van der Waals surface area contributed by atoms with Crippen molar-refractivity contribution >= 4 is 33.0 Å². The maximum atomic E-state index is 6.30. The molecule has 7 rings (SSSR count). The summed E-state index contributed by atoms with van der Waals surface area (Å²) < 4.78 is 12.5. The van der Waals surface area contributed by atoms with Gasteiger partial charge in [-0.2, -0.15) is 0 Å². The highest BCUT2D eigenvalue weighted by atomic mass is 16.3. The smallest absolute Gasteiger partial charge is 0.227 e. The number of aromatic nitrogens is 1. The minimum Gasteiger partial charge on any atom is -0.455 e. The van der Waals surface area contributed by atoms with E-state index >= 15 is 0 Å². The monoisotopic (exact) mass is 451 g/mol. The predicted octanol–water partition coefficient (Wildman–Crippen LogP) is 9.04. The number of benzene rings is 5. The Balaban J connectivity index is 1.29. The molecule has 0 atom stereocenters. The van der Waals surface area contributed by atoms with E-state index in [0.717, 1.165) is 60.9 Å². The van der Waals surface area contributed by atoms with Crippen molar-refractivity contribution in [3.05, 3.63) is 115 Å². The molecule has 166 valence electrons. The summed E-state index contributed by atoms with van der Waals surface area (Å²) in [5, 5.41) is 2.27. The molecule has 0 aliphatic rings. The van der Waals surface area contributed by atoms with E-state index < -0.39 is 0 Å². The second-order valence-electron chi connectivity index (χ2n) is 8.90. The number of rotatable bonds is 3. The molecule has 0 aliphatic heterocycles. The van der Waals surface area contributed by atoms with Crippen LogP contribution in [0.25, 0.3) is 66.7 Å². The van der Waals surface area contributed by atoms with E-state index in [1.807, 2.05) is 30.3 Å². The van der Waals surface area contributed by atoms with Crippen molar-refractivity contribution in [3.8, 4) is 33.7 Å². The summed E-state index contributed by atoms with van der Waals surface area (Å²) in [4.78, 5) is 4.78. The summed E-state index contributed by atoms with van der Waals surface area (Å²) in [6, 6.07) is 37.4. The fourth-order valence-electron chi connectivity index (χ4n) is 4.80. The van der Waals surface area contributed by atoms with Gasteiger partial charge in [0.25, 0.3) is 0 Å². The van der Waals surface area contributed by atoms with Crippen LogP contribution in [0.3, 0.4) is 0 Å². The summed E-state index contributed by atoms with van der Waals surface area (Å²) >= 11 is 0. The van der Waals surface area contributed by atoms with E-state index in [2.05, 4.69) is 85.8 Å². The van der Waals surface area contributed by atoms with E-state index in [0.29, 0.717) is 5.89 Å². The Morgan fingerprint density at radius 1 is 0.514 bits per heavy atom. The lowest BCUT2D eigenvalue weighted by atomic mass is 10.0. The molecule has 3 heteroatoms. The van der Waals surface area contributed by atoms with Crippen molar-refractivity contribution in [3.63, 3.8) is 0 Å². The first kappa shape index (κ1) is 19.8. The molecule has 0 unspecified atom stereocenters. The first-order valence-electron chi connectivity index (χ1n) is 11.7. The first-order chi connectivity index (χ1) is 17.2. The van der Waals surface area contributed by atoms with Crippen molar-refractivity contribution in [1.29, 1.82) is 0 Å². The van der Waals surface area contributed by atoms with E-state index in [9.17, 15) is 0 Å². The fraction of sp³-hybridized carbons (Fsp3) is 0.0312. The molecule has 0 spiro atoms. The Hall–Kier alpha value is -4.63. The first-order valence-corrected chi connectivity index (χ1v) is 11.7. The van der Waals surface area contributed by atoms with Gasteiger partial charge in [-0.1, -0.05) is 90.5 Å². The quantitative estimate of drug-likeness (QED) is 0.269. The third-order valence-corrected chi connectivity index (χ3v) is 6.62. The van der Waals surface area contributed by atoms with Crippen molar-refractivity contribution in [1.82, 2.24) is 4.98 Å². The highest BCUT2D eigenvalue weighted by Crippen LogP contribution is 2.37. The number of nitrogens with zero attached hydrogens (tertiary/aromatic N) is 1. The standard InChI is InChI=1S/C32H21NO2/c1-20-12-14-21(15-13-20)25-8-5-10-28-31(25)35-32(33-28)23-18-16-22(17-19-23)24-7-4-9-27-26-6-2-3-11-29(26)34-30(24)27/h2-19H,1H3. The average molecular weight is 452 g/mol. The summed E-state index contributed by atoms with van der Waals surface area (Å²) in [7, 11) is 0. The molecule has 0 radical (unpaired) electrons. The van der Waals surface area contributed by atoms with Gasteiger partial charge in [-0.3, -0.25) is 0 Å². The predicted molar refractivity (Wildman–Crippen MR) is 142 cm³/mol. The SMILES string of the molecule is Cc1ccc(-c2cccc3nc(-c4ccc(-c5cccc6c5oc5ccccc56)cc4)oc23)cc1. The van der Waals surface area contributed by atoms with Crippen molar-refractivity contribution in [2.45, 2.75) is 6.92 Å². The van der Waals surface area contributed by atoms with E-state index in [4.69, 9.17) is 13.8 Å². The molecule has 0 amide bonds. The second-order valence-corrected chi connectivity index (χ2v) is 8.90. The zero-order valence-corrected chi connectivity index (χ0v) is 19.2. The Morgan fingerprint density at radius 3 is 1.94 bits per heavy atom. The molecule has 35 heavy (non-hydrogen) atoms. The van der Waals surface area contributed by atoms with Gasteiger partial charge < -0.3 is 8.83 Å². The van der Waals surface area contributed by atoms with Crippen LogP contribution in [0, 0.1) is 6.92 Å². The molecule has 2 aromatic heterocycles. The number of para-hydroxylation sites is 3. The Bertz CT molecular complexity index is 1840. The minimum atomic E-state index is 0.619. The van der Waals surface area contributed by atoms with Gasteiger partial charge in [0.05, 0.1) is 0 Å². The van der Waals surface area contributed by atoms with Crippen LogP contribution >= 0.6 is 0 Å².